The maximum Gasteiger partial charge on any atom is 0.157 e. The van der Waals surface area contributed by atoms with Crippen LogP contribution in [0.4, 0.5) is 0 Å². The van der Waals surface area contributed by atoms with E-state index in [0.717, 1.165) is 12.0 Å². The van der Waals surface area contributed by atoms with Crippen LogP contribution in [0.3, 0.4) is 0 Å². The van der Waals surface area contributed by atoms with E-state index in [0.29, 0.717) is 30.4 Å². The lowest BCUT2D eigenvalue weighted by Crippen LogP contribution is -2.41. The van der Waals surface area contributed by atoms with Crippen LogP contribution >= 0.6 is 11.6 Å². The van der Waals surface area contributed by atoms with E-state index >= 15 is 0 Å². The molecule has 3 rings (SSSR count). The molecule has 6 nitrogen and oxygen atoms in total. The Kier molecular flexibility index (Phi) is 5.42. The number of aliphatic hydroxyl groups is 1. The van der Waals surface area contributed by atoms with Gasteiger partial charge in [0, 0.05) is 11.4 Å². The van der Waals surface area contributed by atoms with E-state index in [4.69, 9.17) is 21.1 Å². The molecule has 7 heteroatoms. The summed E-state index contributed by atoms with van der Waals surface area (Å²) in [5, 5.41) is 15.9. The summed E-state index contributed by atoms with van der Waals surface area (Å²) in [7, 11) is 0. The highest BCUT2D eigenvalue weighted by Crippen LogP contribution is 2.35. The van der Waals surface area contributed by atoms with Crippen LogP contribution in [0.25, 0.3) is 5.70 Å². The van der Waals surface area contributed by atoms with Crippen LogP contribution < -0.4 is 0 Å². The van der Waals surface area contributed by atoms with E-state index in [1.54, 1.807) is 11.0 Å². The molecule has 0 saturated carbocycles. The van der Waals surface area contributed by atoms with Crippen molar-refractivity contribution >= 4 is 17.3 Å². The SMILES string of the molecule is CCC1OCC(C)(/C(O)=C(/Cc2ccc(Cl)cc2)n2cncn2)CO1. The van der Waals surface area contributed by atoms with Crippen LogP contribution in [0, 0.1) is 5.41 Å². The van der Waals surface area contributed by atoms with Crippen LogP contribution in [0.15, 0.2) is 42.7 Å². The number of allylic oxidation sites excluding steroid dienone is 1. The normalized spacial score (nSPS) is 24.8. The minimum Gasteiger partial charge on any atom is -0.510 e. The van der Waals surface area contributed by atoms with Gasteiger partial charge >= 0.3 is 0 Å². The van der Waals surface area contributed by atoms with Gasteiger partial charge in [-0.1, -0.05) is 30.7 Å². The van der Waals surface area contributed by atoms with Gasteiger partial charge in [0.1, 0.15) is 18.4 Å². The Morgan fingerprint density at radius 2 is 2.00 bits per heavy atom. The van der Waals surface area contributed by atoms with Crippen molar-refractivity contribution < 1.29 is 14.6 Å². The number of aromatic nitrogens is 3. The number of halogens is 1. The van der Waals surface area contributed by atoms with Crippen molar-refractivity contribution in [3.05, 3.63) is 53.3 Å². The first-order valence-electron chi connectivity index (χ1n) is 8.27. The minimum absolute atomic E-state index is 0.197. The standard InChI is InChI=1S/C18H22ClN3O3/c1-3-16-24-9-18(2,10-25-16)17(23)15(22-12-20-11-21-22)8-13-4-6-14(19)7-5-13/h4-7,11-12,16,23H,3,8-10H2,1-2H3/b17-15+. The summed E-state index contributed by atoms with van der Waals surface area (Å²) in [6.45, 7) is 4.70. The molecule has 1 aliphatic rings. The lowest BCUT2D eigenvalue weighted by atomic mass is 9.87. The van der Waals surface area contributed by atoms with Gasteiger partial charge in [-0.15, -0.1) is 0 Å². The fraction of sp³-hybridized carbons (Fsp3) is 0.444. The zero-order valence-electron chi connectivity index (χ0n) is 14.4. The summed E-state index contributed by atoms with van der Waals surface area (Å²) in [6.07, 6.45) is 4.07. The summed E-state index contributed by atoms with van der Waals surface area (Å²) < 4.78 is 13.0. The van der Waals surface area contributed by atoms with Crippen molar-refractivity contribution in [1.29, 1.82) is 0 Å². The molecule has 0 amide bonds. The van der Waals surface area contributed by atoms with E-state index in [1.807, 2.05) is 38.1 Å². The van der Waals surface area contributed by atoms with E-state index in [9.17, 15) is 5.11 Å². The monoisotopic (exact) mass is 363 g/mol. The number of benzene rings is 1. The molecule has 1 saturated heterocycles. The maximum atomic E-state index is 11.0. The number of hydrogen-bond acceptors (Lipinski definition) is 5. The predicted octanol–water partition coefficient (Wildman–Crippen LogP) is 3.69. The first kappa shape index (κ1) is 17.9. The highest BCUT2D eigenvalue weighted by atomic mass is 35.5. The van der Waals surface area contributed by atoms with Crippen LogP contribution in [-0.4, -0.2) is 39.4 Å². The zero-order valence-corrected chi connectivity index (χ0v) is 15.1. The van der Waals surface area contributed by atoms with Gasteiger partial charge in [-0.25, -0.2) is 9.67 Å². The minimum atomic E-state index is -0.640. The third-order valence-corrected chi connectivity index (χ3v) is 4.59. The van der Waals surface area contributed by atoms with Gasteiger partial charge in [0.2, 0.25) is 0 Å². The number of nitrogens with zero attached hydrogens (tertiary/aromatic N) is 3. The molecule has 0 aliphatic carbocycles. The van der Waals surface area contributed by atoms with Gasteiger partial charge < -0.3 is 14.6 Å². The molecule has 2 aromatic rings. The largest absolute Gasteiger partial charge is 0.510 e. The van der Waals surface area contributed by atoms with Gasteiger partial charge in [-0.2, -0.15) is 5.10 Å². The Bertz CT molecular complexity index is 721. The number of ether oxygens (including phenoxy) is 2. The lowest BCUT2D eigenvalue weighted by Gasteiger charge is -2.37. The summed E-state index contributed by atoms with van der Waals surface area (Å²) in [6, 6.07) is 7.51. The number of rotatable bonds is 5. The fourth-order valence-electron chi connectivity index (χ4n) is 2.78. The predicted molar refractivity (Wildman–Crippen MR) is 95.1 cm³/mol. The first-order chi connectivity index (χ1) is 12.0. The molecule has 2 heterocycles. The molecule has 1 fully saturated rings. The van der Waals surface area contributed by atoms with Crippen molar-refractivity contribution in [2.45, 2.75) is 33.0 Å². The Morgan fingerprint density at radius 1 is 1.32 bits per heavy atom. The van der Waals surface area contributed by atoms with Crippen molar-refractivity contribution in [2.75, 3.05) is 13.2 Å². The molecule has 0 radical (unpaired) electrons. The molecule has 0 spiro atoms. The molecule has 1 aromatic heterocycles. The van der Waals surface area contributed by atoms with Crippen LogP contribution in [-0.2, 0) is 15.9 Å². The quantitative estimate of drug-likeness (QED) is 0.820. The van der Waals surface area contributed by atoms with E-state index < -0.39 is 5.41 Å². The zero-order chi connectivity index (χ0) is 17.9. The van der Waals surface area contributed by atoms with Gasteiger partial charge in [0.15, 0.2) is 6.29 Å². The van der Waals surface area contributed by atoms with Crippen LogP contribution in [0.1, 0.15) is 25.8 Å². The Hall–Kier alpha value is -1.89. The van der Waals surface area contributed by atoms with Gasteiger partial charge in [0.25, 0.3) is 0 Å². The van der Waals surface area contributed by atoms with Crippen LogP contribution in [0.5, 0.6) is 0 Å². The van der Waals surface area contributed by atoms with E-state index in [-0.39, 0.29) is 12.0 Å². The van der Waals surface area contributed by atoms with E-state index in [1.165, 1.54) is 6.33 Å². The summed E-state index contributed by atoms with van der Waals surface area (Å²) in [4.78, 5) is 4.00. The molecule has 134 valence electrons. The fourth-order valence-corrected chi connectivity index (χ4v) is 2.91. The molecule has 1 aliphatic heterocycles. The second kappa shape index (κ2) is 7.56. The topological polar surface area (TPSA) is 69.4 Å². The molecule has 1 aromatic carbocycles. The Morgan fingerprint density at radius 3 is 2.56 bits per heavy atom. The first-order valence-corrected chi connectivity index (χ1v) is 8.65. The highest BCUT2D eigenvalue weighted by molar-refractivity contribution is 6.30. The average molecular weight is 364 g/mol. The van der Waals surface area contributed by atoms with Gasteiger partial charge in [-0.05, 0) is 31.0 Å². The maximum absolute atomic E-state index is 11.0. The molecule has 0 atom stereocenters. The highest BCUT2D eigenvalue weighted by Gasteiger charge is 2.38. The third kappa shape index (κ3) is 4.03. The van der Waals surface area contributed by atoms with Crippen molar-refractivity contribution in [3.8, 4) is 0 Å². The van der Waals surface area contributed by atoms with Gasteiger partial charge in [-0.3, -0.25) is 0 Å². The summed E-state index contributed by atoms with van der Waals surface area (Å²) in [5.74, 6) is 0.197. The Balaban J connectivity index is 1.92. The summed E-state index contributed by atoms with van der Waals surface area (Å²) >= 11 is 5.96. The third-order valence-electron chi connectivity index (χ3n) is 4.33. The molecule has 0 bridgehead atoms. The molecular weight excluding hydrogens is 342 g/mol. The second-order valence-corrected chi connectivity index (χ2v) is 6.90. The number of hydrogen-bond donors (Lipinski definition) is 1. The van der Waals surface area contributed by atoms with Gasteiger partial charge in [0.05, 0.1) is 24.3 Å². The van der Waals surface area contributed by atoms with Crippen molar-refractivity contribution in [3.63, 3.8) is 0 Å². The van der Waals surface area contributed by atoms with E-state index in [2.05, 4.69) is 10.1 Å². The number of aliphatic hydroxyl groups excluding tert-OH is 1. The summed E-state index contributed by atoms with van der Waals surface area (Å²) in [5.41, 5.74) is 1.01. The van der Waals surface area contributed by atoms with Crippen molar-refractivity contribution in [1.82, 2.24) is 14.8 Å². The second-order valence-electron chi connectivity index (χ2n) is 6.46. The smallest absolute Gasteiger partial charge is 0.157 e. The molecule has 0 unspecified atom stereocenters. The molecule has 1 N–H and O–H groups in total. The average Bonchev–Trinajstić information content (AvgIpc) is 3.16. The van der Waals surface area contributed by atoms with Crippen molar-refractivity contribution in [2.24, 2.45) is 5.41 Å². The van der Waals surface area contributed by atoms with Crippen LogP contribution in [0.2, 0.25) is 5.02 Å². The molecule has 25 heavy (non-hydrogen) atoms. The lowest BCUT2D eigenvalue weighted by molar-refractivity contribution is -0.222. The molecular formula is C18H22ClN3O3. The Labute approximate surface area is 152 Å².